The van der Waals surface area contributed by atoms with Crippen LogP contribution >= 0.6 is 23.2 Å². The number of aryl methyl sites for hydroxylation is 2. The fraction of sp³-hybridized carbons (Fsp3) is 0.314. The number of fused-ring (bicyclic) bond motifs is 1. The van der Waals surface area contributed by atoms with Crippen LogP contribution in [0.2, 0.25) is 10.0 Å². The number of rotatable bonds is 13. The second-order valence-corrected chi connectivity index (χ2v) is 14.5. The molecule has 0 spiro atoms. The summed E-state index contributed by atoms with van der Waals surface area (Å²) in [6.45, 7) is 4.60. The van der Waals surface area contributed by atoms with Crippen LogP contribution in [0.3, 0.4) is 0 Å². The van der Waals surface area contributed by atoms with E-state index < -0.39 is 22.0 Å². The number of hydrogen-bond acceptors (Lipinski definition) is 8. The van der Waals surface area contributed by atoms with Gasteiger partial charge in [0, 0.05) is 41.3 Å². The number of aromatic nitrogens is 1. The summed E-state index contributed by atoms with van der Waals surface area (Å²) in [6.07, 6.45) is 3.08. The summed E-state index contributed by atoms with van der Waals surface area (Å²) < 4.78 is 35.1. The van der Waals surface area contributed by atoms with Crippen LogP contribution in [0.1, 0.15) is 47.2 Å². The van der Waals surface area contributed by atoms with E-state index in [1.165, 1.54) is 22.7 Å². The van der Waals surface area contributed by atoms with Gasteiger partial charge in [-0.05, 0) is 74.1 Å². The van der Waals surface area contributed by atoms with Crippen LogP contribution in [0.5, 0.6) is 5.75 Å². The third-order valence-electron chi connectivity index (χ3n) is 8.30. The largest absolute Gasteiger partial charge is 0.487 e. The lowest BCUT2D eigenvalue weighted by Gasteiger charge is -2.24. The monoisotopic (exact) mass is 724 g/mol. The van der Waals surface area contributed by atoms with Crippen molar-refractivity contribution in [3.8, 4) is 5.75 Å². The molecule has 3 aromatic carbocycles. The quantitative estimate of drug-likeness (QED) is 0.0754. The molecule has 1 aromatic heterocycles. The first-order chi connectivity index (χ1) is 23.5. The van der Waals surface area contributed by atoms with Gasteiger partial charge in [0.25, 0.3) is 0 Å². The number of nitrogens with zero attached hydrogens (tertiary/aromatic N) is 3. The number of benzene rings is 3. The Kier molecular flexibility index (Phi) is 11.8. The van der Waals surface area contributed by atoms with Gasteiger partial charge in [-0.15, -0.1) is 0 Å². The predicted molar refractivity (Wildman–Crippen MR) is 191 cm³/mol. The molecule has 49 heavy (non-hydrogen) atoms. The first kappa shape index (κ1) is 36.1. The smallest absolute Gasteiger partial charge is 0.245 e. The molecule has 4 N–H and O–H groups in total. The Hall–Kier alpha value is -4.23. The van der Waals surface area contributed by atoms with E-state index >= 15 is 0 Å². The minimum atomic E-state index is -4.17. The van der Waals surface area contributed by atoms with E-state index in [2.05, 4.69) is 20.7 Å². The number of nitrogens with two attached hydrogens (primary N) is 1. The summed E-state index contributed by atoms with van der Waals surface area (Å²) in [4.78, 5) is 30.0. The first-order valence-corrected chi connectivity index (χ1v) is 18.0. The van der Waals surface area contributed by atoms with Crippen LogP contribution < -0.4 is 21.2 Å². The summed E-state index contributed by atoms with van der Waals surface area (Å²) in [5, 5.41) is 10.3. The van der Waals surface area contributed by atoms with Crippen molar-refractivity contribution in [2.75, 3.05) is 19.6 Å². The summed E-state index contributed by atoms with van der Waals surface area (Å²) in [5.74, 6) is 5.12. The Balaban J connectivity index is 1.18. The minimum absolute atomic E-state index is 0.0600. The zero-order valence-corrected chi connectivity index (χ0v) is 29.5. The molecule has 0 saturated carbocycles. The Morgan fingerprint density at radius 2 is 1.84 bits per heavy atom. The van der Waals surface area contributed by atoms with E-state index in [1.807, 2.05) is 56.3 Å². The number of nitrogens with one attached hydrogen (secondary N) is 2. The number of amides is 2. The van der Waals surface area contributed by atoms with Crippen molar-refractivity contribution in [3.05, 3.63) is 98.7 Å². The fourth-order valence-electron chi connectivity index (χ4n) is 5.85. The van der Waals surface area contributed by atoms with Crippen molar-refractivity contribution in [2.24, 2.45) is 10.9 Å². The SMILES string of the molecule is Cc1cc(C)c2cccc(OCc3c(Cl)ccc(S(=O)(=O)N4CCC[C@H]4C(=O)NCCCNC(=O)Cc4ccc(C=NN)cc4)c3Cl)c2n1. The van der Waals surface area contributed by atoms with Crippen LogP contribution in [-0.4, -0.2) is 61.4 Å². The van der Waals surface area contributed by atoms with Crippen LogP contribution in [0.25, 0.3) is 10.9 Å². The molecule has 4 aromatic rings. The number of ether oxygens (including phenoxy) is 1. The number of pyridine rings is 1. The molecule has 1 fully saturated rings. The highest BCUT2D eigenvalue weighted by Gasteiger charge is 2.40. The topological polar surface area (TPSA) is 156 Å². The van der Waals surface area contributed by atoms with E-state index in [0.29, 0.717) is 42.6 Å². The summed E-state index contributed by atoms with van der Waals surface area (Å²) in [5.41, 5.74) is 4.57. The van der Waals surface area contributed by atoms with Crippen molar-refractivity contribution in [2.45, 2.75) is 57.1 Å². The zero-order valence-electron chi connectivity index (χ0n) is 27.2. The predicted octanol–water partition coefficient (Wildman–Crippen LogP) is 5.05. The molecule has 5 rings (SSSR count). The summed E-state index contributed by atoms with van der Waals surface area (Å²) in [7, 11) is -4.17. The van der Waals surface area contributed by atoms with Gasteiger partial charge < -0.3 is 21.2 Å². The highest BCUT2D eigenvalue weighted by molar-refractivity contribution is 7.89. The van der Waals surface area contributed by atoms with Crippen LogP contribution in [-0.2, 0) is 32.6 Å². The molecule has 2 amide bonds. The second-order valence-electron chi connectivity index (χ2n) is 11.8. The number of carbonyl (C=O) groups excluding carboxylic acids is 2. The standard InChI is InChI=1S/C35H38Cl2N6O5S/c1-22-18-23(2)42-34-26(22)6-3-8-30(34)48-21-27-28(36)13-14-31(33(27)37)49(46,47)43-17-4-7-29(43)35(45)40-16-5-15-39-32(44)19-24-9-11-25(12-10-24)20-41-38/h3,6,8-14,18,20,29H,4-5,7,15-17,19,21,38H2,1-2H3,(H,39,44)(H,40,45)/t29-/m0/s1. The summed E-state index contributed by atoms with van der Waals surface area (Å²) >= 11 is 13.2. The van der Waals surface area contributed by atoms with Crippen molar-refractivity contribution in [1.82, 2.24) is 19.9 Å². The lowest BCUT2D eigenvalue weighted by molar-refractivity contribution is -0.124. The van der Waals surface area contributed by atoms with Crippen LogP contribution in [0.15, 0.2) is 70.7 Å². The van der Waals surface area contributed by atoms with Gasteiger partial charge in [-0.25, -0.2) is 13.4 Å². The summed E-state index contributed by atoms with van der Waals surface area (Å²) in [6, 6.07) is 16.8. The van der Waals surface area contributed by atoms with E-state index in [4.69, 9.17) is 33.8 Å². The lowest BCUT2D eigenvalue weighted by atomic mass is 10.1. The minimum Gasteiger partial charge on any atom is -0.487 e. The Morgan fingerprint density at radius 3 is 2.59 bits per heavy atom. The molecule has 0 bridgehead atoms. The molecular weight excluding hydrogens is 687 g/mol. The molecule has 0 radical (unpaired) electrons. The third kappa shape index (κ3) is 8.50. The number of para-hydroxylation sites is 1. The lowest BCUT2D eigenvalue weighted by Crippen LogP contribution is -2.46. The first-order valence-electron chi connectivity index (χ1n) is 15.8. The molecule has 2 heterocycles. The number of hydrazone groups is 1. The molecule has 1 aliphatic rings. The maximum Gasteiger partial charge on any atom is 0.245 e. The molecule has 0 aliphatic carbocycles. The number of hydrogen-bond donors (Lipinski definition) is 3. The van der Waals surface area contributed by atoms with Gasteiger partial charge in [-0.1, -0.05) is 59.6 Å². The second kappa shape index (κ2) is 16.0. The molecule has 0 unspecified atom stereocenters. The highest BCUT2D eigenvalue weighted by atomic mass is 35.5. The Bertz CT molecular complexity index is 1990. The molecule has 258 valence electrons. The van der Waals surface area contributed by atoms with Crippen molar-refractivity contribution < 1.29 is 22.7 Å². The van der Waals surface area contributed by atoms with Gasteiger partial charge in [0.2, 0.25) is 21.8 Å². The van der Waals surface area contributed by atoms with E-state index in [0.717, 1.165) is 27.8 Å². The van der Waals surface area contributed by atoms with Crippen molar-refractivity contribution in [3.63, 3.8) is 0 Å². The zero-order chi connectivity index (χ0) is 35.1. The molecule has 11 nitrogen and oxygen atoms in total. The van der Waals surface area contributed by atoms with E-state index in [-0.39, 0.29) is 47.0 Å². The normalized spacial score (nSPS) is 15.1. The number of halogens is 2. The van der Waals surface area contributed by atoms with Gasteiger partial charge in [0.1, 0.15) is 28.8 Å². The Labute approximate surface area is 295 Å². The maximum absolute atomic E-state index is 13.9. The maximum atomic E-state index is 13.9. The molecular formula is C35H38Cl2N6O5S. The highest BCUT2D eigenvalue weighted by Crippen LogP contribution is 2.36. The van der Waals surface area contributed by atoms with E-state index in [1.54, 1.807) is 6.07 Å². The van der Waals surface area contributed by atoms with Gasteiger partial charge in [0.05, 0.1) is 17.7 Å². The molecule has 14 heteroatoms. The fourth-order valence-corrected chi connectivity index (χ4v) is 8.37. The molecule has 1 atom stereocenters. The number of sulfonamides is 1. The van der Waals surface area contributed by atoms with Gasteiger partial charge in [-0.3, -0.25) is 9.59 Å². The van der Waals surface area contributed by atoms with Crippen molar-refractivity contribution in [1.29, 1.82) is 0 Å². The van der Waals surface area contributed by atoms with E-state index in [9.17, 15) is 18.0 Å². The van der Waals surface area contributed by atoms with Crippen LogP contribution in [0.4, 0.5) is 0 Å². The van der Waals surface area contributed by atoms with Gasteiger partial charge in [-0.2, -0.15) is 9.41 Å². The molecule has 1 saturated heterocycles. The average Bonchev–Trinajstić information content (AvgIpc) is 3.57. The number of carbonyl (C=O) groups is 2. The third-order valence-corrected chi connectivity index (χ3v) is 11.1. The van der Waals surface area contributed by atoms with Crippen LogP contribution in [0, 0.1) is 13.8 Å². The van der Waals surface area contributed by atoms with Crippen molar-refractivity contribution >= 4 is 62.2 Å². The van der Waals surface area contributed by atoms with Gasteiger partial charge >= 0.3 is 0 Å². The average molecular weight is 726 g/mol. The Morgan fingerprint density at radius 1 is 1.08 bits per heavy atom. The van der Waals surface area contributed by atoms with Gasteiger partial charge in [0.15, 0.2) is 0 Å². The molecule has 1 aliphatic heterocycles.